The van der Waals surface area contributed by atoms with Crippen LogP contribution in [0.3, 0.4) is 0 Å². The first-order valence-electron chi connectivity index (χ1n) is 6.15. The number of carbonyl (C=O) groups excluding carboxylic acids is 2. The van der Waals surface area contributed by atoms with E-state index in [2.05, 4.69) is 9.88 Å². The fourth-order valence-electron chi connectivity index (χ4n) is 1.78. The molecule has 0 radical (unpaired) electrons. The highest BCUT2D eigenvalue weighted by Crippen LogP contribution is 2.29. The average molecular weight is 300 g/mol. The molecular formula is C12H16N2O3S2. The lowest BCUT2D eigenvalue weighted by Crippen LogP contribution is -2.32. The topological polar surface area (TPSA) is 59.5 Å². The first-order chi connectivity index (χ1) is 9.13. The van der Waals surface area contributed by atoms with Gasteiger partial charge in [-0.2, -0.15) is 11.8 Å². The number of esters is 1. The maximum Gasteiger partial charge on any atom is 0.358 e. The van der Waals surface area contributed by atoms with E-state index in [0.717, 1.165) is 29.7 Å². The molecule has 0 N–H and O–H groups in total. The largest absolute Gasteiger partial charge is 0.461 e. The minimum absolute atomic E-state index is 0.141. The molecule has 2 heterocycles. The number of carbonyl (C=O) groups is 2. The average Bonchev–Trinajstić information content (AvgIpc) is 2.85. The van der Waals surface area contributed by atoms with Crippen molar-refractivity contribution >= 4 is 40.0 Å². The number of anilines is 1. The smallest absolute Gasteiger partial charge is 0.358 e. The van der Waals surface area contributed by atoms with Gasteiger partial charge < -0.3 is 9.64 Å². The van der Waals surface area contributed by atoms with E-state index < -0.39 is 5.97 Å². The lowest BCUT2D eigenvalue weighted by atomic mass is 10.3. The highest BCUT2D eigenvalue weighted by atomic mass is 32.2. The summed E-state index contributed by atoms with van der Waals surface area (Å²) in [6, 6.07) is 0. The summed E-state index contributed by atoms with van der Waals surface area (Å²) < 4.78 is 4.95. The molecule has 7 heteroatoms. The van der Waals surface area contributed by atoms with Gasteiger partial charge in [-0.1, -0.05) is 11.3 Å². The molecule has 0 aromatic carbocycles. The molecule has 0 unspecified atom stereocenters. The summed E-state index contributed by atoms with van der Waals surface area (Å²) >= 11 is 3.19. The monoisotopic (exact) mass is 300 g/mol. The van der Waals surface area contributed by atoms with Crippen LogP contribution in [0.15, 0.2) is 0 Å². The molecule has 1 aromatic heterocycles. The SMILES string of the molecule is CCOC(=O)c1nc(N2CCSCC2)sc1C(C)=O. The summed E-state index contributed by atoms with van der Waals surface area (Å²) in [7, 11) is 0. The predicted molar refractivity (Wildman–Crippen MR) is 77.6 cm³/mol. The Balaban J connectivity index is 2.28. The van der Waals surface area contributed by atoms with Crippen molar-refractivity contribution in [2.45, 2.75) is 13.8 Å². The van der Waals surface area contributed by atoms with E-state index in [4.69, 9.17) is 4.74 Å². The Kier molecular flexibility index (Phi) is 4.81. The van der Waals surface area contributed by atoms with Gasteiger partial charge in [0, 0.05) is 31.5 Å². The van der Waals surface area contributed by atoms with Crippen LogP contribution >= 0.6 is 23.1 Å². The third-order valence-corrected chi connectivity index (χ3v) is 4.85. The van der Waals surface area contributed by atoms with Gasteiger partial charge in [-0.3, -0.25) is 4.79 Å². The molecule has 0 aliphatic carbocycles. The maximum absolute atomic E-state index is 11.8. The van der Waals surface area contributed by atoms with Crippen LogP contribution in [0, 0.1) is 0 Å². The van der Waals surface area contributed by atoms with Crippen LogP contribution in [0.25, 0.3) is 0 Å². The number of thioether (sulfide) groups is 1. The Morgan fingerprint density at radius 3 is 2.63 bits per heavy atom. The first kappa shape index (κ1) is 14.3. The van der Waals surface area contributed by atoms with Crippen molar-refractivity contribution in [2.75, 3.05) is 36.1 Å². The van der Waals surface area contributed by atoms with Gasteiger partial charge in [-0.05, 0) is 6.92 Å². The van der Waals surface area contributed by atoms with Gasteiger partial charge in [-0.25, -0.2) is 9.78 Å². The van der Waals surface area contributed by atoms with Crippen LogP contribution in [0.2, 0.25) is 0 Å². The van der Waals surface area contributed by atoms with Gasteiger partial charge in [0.2, 0.25) is 0 Å². The fraction of sp³-hybridized carbons (Fsp3) is 0.583. The van der Waals surface area contributed by atoms with E-state index in [1.807, 2.05) is 11.8 Å². The number of Topliss-reactive ketones (excluding diaryl/α,β-unsaturated/α-hetero) is 1. The van der Waals surface area contributed by atoms with Gasteiger partial charge in [0.05, 0.1) is 6.61 Å². The Hall–Kier alpha value is -1.08. The number of aromatic nitrogens is 1. The molecule has 0 amide bonds. The number of hydrogen-bond donors (Lipinski definition) is 0. The Bertz CT molecular complexity index is 481. The van der Waals surface area contributed by atoms with Crippen LogP contribution in [-0.2, 0) is 4.74 Å². The zero-order valence-electron chi connectivity index (χ0n) is 11.0. The van der Waals surface area contributed by atoms with Crippen molar-refractivity contribution in [1.82, 2.24) is 4.98 Å². The molecule has 5 nitrogen and oxygen atoms in total. The van der Waals surface area contributed by atoms with Crippen LogP contribution in [0.5, 0.6) is 0 Å². The molecule has 1 aliphatic heterocycles. The van der Waals surface area contributed by atoms with E-state index in [-0.39, 0.29) is 18.1 Å². The second-order valence-corrected chi connectivity index (χ2v) is 6.25. The van der Waals surface area contributed by atoms with Crippen molar-refractivity contribution in [3.05, 3.63) is 10.6 Å². The van der Waals surface area contributed by atoms with Gasteiger partial charge >= 0.3 is 5.97 Å². The van der Waals surface area contributed by atoms with Gasteiger partial charge in [0.1, 0.15) is 4.88 Å². The van der Waals surface area contributed by atoms with E-state index in [0.29, 0.717) is 4.88 Å². The second-order valence-electron chi connectivity index (χ2n) is 4.05. The normalized spacial score (nSPS) is 15.4. The molecule has 1 fully saturated rings. The number of ether oxygens (including phenoxy) is 1. The van der Waals surface area contributed by atoms with Crippen LogP contribution < -0.4 is 4.90 Å². The summed E-state index contributed by atoms with van der Waals surface area (Å²) in [5.74, 6) is 1.44. The molecule has 0 bridgehead atoms. The van der Waals surface area contributed by atoms with Crippen LogP contribution in [0.1, 0.15) is 34.0 Å². The maximum atomic E-state index is 11.8. The molecule has 104 valence electrons. The third-order valence-electron chi connectivity index (χ3n) is 2.69. The number of thiazole rings is 1. The lowest BCUT2D eigenvalue weighted by molar-refractivity contribution is 0.0517. The molecule has 0 saturated carbocycles. The van der Waals surface area contributed by atoms with E-state index in [1.54, 1.807) is 6.92 Å². The van der Waals surface area contributed by atoms with Gasteiger partial charge in [-0.15, -0.1) is 0 Å². The number of nitrogens with zero attached hydrogens (tertiary/aromatic N) is 2. The molecule has 1 saturated heterocycles. The van der Waals surface area contributed by atoms with E-state index >= 15 is 0 Å². The van der Waals surface area contributed by atoms with E-state index in [9.17, 15) is 9.59 Å². The summed E-state index contributed by atoms with van der Waals surface area (Å²) in [6.07, 6.45) is 0. The van der Waals surface area contributed by atoms with Crippen molar-refractivity contribution in [3.8, 4) is 0 Å². The number of ketones is 1. The van der Waals surface area contributed by atoms with Gasteiger partial charge in [0.15, 0.2) is 16.6 Å². The number of hydrogen-bond acceptors (Lipinski definition) is 7. The minimum atomic E-state index is -0.512. The Labute approximate surface area is 120 Å². The third kappa shape index (κ3) is 3.27. The molecule has 19 heavy (non-hydrogen) atoms. The molecule has 1 aromatic rings. The highest BCUT2D eigenvalue weighted by Gasteiger charge is 2.25. The van der Waals surface area contributed by atoms with Gasteiger partial charge in [0.25, 0.3) is 0 Å². The molecule has 0 spiro atoms. The molecule has 2 rings (SSSR count). The summed E-state index contributed by atoms with van der Waals surface area (Å²) in [5.41, 5.74) is 0.160. The molecule has 1 aliphatic rings. The van der Waals surface area contributed by atoms with Crippen molar-refractivity contribution < 1.29 is 14.3 Å². The van der Waals surface area contributed by atoms with Crippen molar-refractivity contribution in [2.24, 2.45) is 0 Å². The molecule has 0 atom stereocenters. The zero-order valence-corrected chi connectivity index (χ0v) is 12.6. The standard InChI is InChI=1S/C12H16N2O3S2/c1-3-17-11(16)9-10(8(2)15)19-12(13-9)14-4-6-18-7-5-14/h3-7H2,1-2H3. The minimum Gasteiger partial charge on any atom is -0.461 e. The summed E-state index contributed by atoms with van der Waals surface area (Å²) in [4.78, 5) is 30.3. The Morgan fingerprint density at radius 1 is 1.37 bits per heavy atom. The second kappa shape index (κ2) is 6.38. The van der Waals surface area contributed by atoms with Crippen molar-refractivity contribution in [1.29, 1.82) is 0 Å². The van der Waals surface area contributed by atoms with Crippen molar-refractivity contribution in [3.63, 3.8) is 0 Å². The quantitative estimate of drug-likeness (QED) is 0.627. The fourth-order valence-corrected chi connectivity index (χ4v) is 3.68. The van der Waals surface area contributed by atoms with Crippen LogP contribution in [-0.4, -0.2) is 47.9 Å². The summed E-state index contributed by atoms with van der Waals surface area (Å²) in [5, 5.41) is 0.744. The lowest BCUT2D eigenvalue weighted by Gasteiger charge is -2.25. The predicted octanol–water partition coefficient (Wildman–Crippen LogP) is 2.08. The first-order valence-corrected chi connectivity index (χ1v) is 8.12. The van der Waals surface area contributed by atoms with E-state index in [1.165, 1.54) is 18.3 Å². The number of rotatable bonds is 4. The summed E-state index contributed by atoms with van der Waals surface area (Å²) in [6.45, 7) is 5.27. The Morgan fingerprint density at radius 2 is 2.05 bits per heavy atom. The zero-order chi connectivity index (χ0) is 13.8. The van der Waals surface area contributed by atoms with Crippen LogP contribution in [0.4, 0.5) is 5.13 Å². The highest BCUT2D eigenvalue weighted by molar-refractivity contribution is 7.99. The molecular weight excluding hydrogens is 284 g/mol.